The van der Waals surface area contributed by atoms with Gasteiger partial charge in [0.2, 0.25) is 5.91 Å². The highest BCUT2D eigenvalue weighted by molar-refractivity contribution is 5.95. The molecule has 0 spiro atoms. The Labute approximate surface area is 159 Å². The van der Waals surface area contributed by atoms with Crippen LogP contribution in [0.25, 0.3) is 0 Å². The van der Waals surface area contributed by atoms with E-state index >= 15 is 0 Å². The van der Waals surface area contributed by atoms with Crippen LogP contribution in [0.15, 0.2) is 18.2 Å². The number of benzene rings is 1. The molecule has 0 radical (unpaired) electrons. The van der Waals surface area contributed by atoms with E-state index in [1.165, 1.54) is 31.2 Å². The highest BCUT2D eigenvalue weighted by atomic mass is 16.2. The van der Waals surface area contributed by atoms with Crippen molar-refractivity contribution in [3.05, 3.63) is 23.8 Å². The van der Waals surface area contributed by atoms with E-state index in [-0.39, 0.29) is 11.8 Å². The van der Waals surface area contributed by atoms with Crippen molar-refractivity contribution in [1.29, 1.82) is 0 Å². The molecule has 146 valence electrons. The number of nitrogens with zero attached hydrogens (tertiary/aromatic N) is 1. The minimum atomic E-state index is 0.0162. The quantitative estimate of drug-likeness (QED) is 0.812. The third kappa shape index (κ3) is 6.31. The molecular formula is C22H37N3O. The molecule has 1 aromatic rings. The Morgan fingerprint density at radius 1 is 1.12 bits per heavy atom. The summed E-state index contributed by atoms with van der Waals surface area (Å²) in [5, 5.41) is 7.09. The predicted octanol–water partition coefficient (Wildman–Crippen LogP) is 4.80. The molecule has 2 rings (SSSR count). The molecule has 1 amide bonds. The van der Waals surface area contributed by atoms with E-state index < -0.39 is 0 Å². The minimum Gasteiger partial charge on any atom is -0.385 e. The number of amides is 1. The Hall–Kier alpha value is -1.55. The normalized spacial score (nSPS) is 16.8. The first kappa shape index (κ1) is 20.8. The second-order valence-electron chi connectivity index (χ2n) is 8.21. The van der Waals surface area contributed by atoms with Gasteiger partial charge in [-0.1, -0.05) is 47.0 Å². The zero-order valence-corrected chi connectivity index (χ0v) is 17.1. The lowest BCUT2D eigenvalue weighted by Gasteiger charge is -2.28. The van der Waals surface area contributed by atoms with Crippen molar-refractivity contribution >= 4 is 17.3 Å². The molecule has 0 aliphatic carbocycles. The van der Waals surface area contributed by atoms with Crippen LogP contribution in [0, 0.1) is 11.8 Å². The SMILES string of the molecule is CC(C)CNc1ccc2c(c1)CNCCCCCCCN2C(=O)C(C)C. The van der Waals surface area contributed by atoms with Gasteiger partial charge in [0.05, 0.1) is 0 Å². The lowest BCUT2D eigenvalue weighted by atomic mass is 10.1. The maximum Gasteiger partial charge on any atom is 0.229 e. The van der Waals surface area contributed by atoms with Gasteiger partial charge in [-0.3, -0.25) is 4.79 Å². The number of fused-ring (bicyclic) bond motifs is 1. The Morgan fingerprint density at radius 3 is 2.58 bits per heavy atom. The molecule has 0 fully saturated rings. The summed E-state index contributed by atoms with van der Waals surface area (Å²) in [6.45, 7) is 12.1. The number of carbonyl (C=O) groups excluding carboxylic acids is 1. The van der Waals surface area contributed by atoms with E-state index in [1.54, 1.807) is 0 Å². The molecule has 0 unspecified atom stereocenters. The van der Waals surface area contributed by atoms with Crippen LogP contribution in [0.1, 0.15) is 65.4 Å². The summed E-state index contributed by atoms with van der Waals surface area (Å²) in [5.41, 5.74) is 3.43. The van der Waals surface area contributed by atoms with Gasteiger partial charge in [-0.25, -0.2) is 0 Å². The molecule has 0 saturated heterocycles. The van der Waals surface area contributed by atoms with Gasteiger partial charge in [0.25, 0.3) is 0 Å². The van der Waals surface area contributed by atoms with Crippen molar-refractivity contribution in [1.82, 2.24) is 5.32 Å². The molecule has 0 aromatic heterocycles. The first-order valence-corrected chi connectivity index (χ1v) is 10.4. The largest absolute Gasteiger partial charge is 0.385 e. The van der Waals surface area contributed by atoms with Crippen molar-refractivity contribution in [3.8, 4) is 0 Å². The molecular weight excluding hydrogens is 322 g/mol. The molecule has 2 N–H and O–H groups in total. The van der Waals surface area contributed by atoms with E-state index in [9.17, 15) is 4.79 Å². The minimum absolute atomic E-state index is 0.0162. The number of hydrogen-bond donors (Lipinski definition) is 2. The van der Waals surface area contributed by atoms with Crippen molar-refractivity contribution < 1.29 is 4.79 Å². The molecule has 0 atom stereocenters. The number of carbonyl (C=O) groups is 1. The molecule has 1 aliphatic heterocycles. The molecule has 4 nitrogen and oxygen atoms in total. The van der Waals surface area contributed by atoms with E-state index in [0.717, 1.165) is 44.0 Å². The van der Waals surface area contributed by atoms with Gasteiger partial charge in [0.15, 0.2) is 0 Å². The predicted molar refractivity (Wildman–Crippen MR) is 112 cm³/mol. The zero-order chi connectivity index (χ0) is 18.9. The third-order valence-electron chi connectivity index (χ3n) is 4.90. The van der Waals surface area contributed by atoms with Gasteiger partial charge >= 0.3 is 0 Å². The van der Waals surface area contributed by atoms with Crippen LogP contribution >= 0.6 is 0 Å². The summed E-state index contributed by atoms with van der Waals surface area (Å²) in [7, 11) is 0. The second-order valence-corrected chi connectivity index (χ2v) is 8.21. The highest BCUT2D eigenvalue weighted by Crippen LogP contribution is 2.27. The Kier molecular flexibility index (Phi) is 8.43. The summed E-state index contributed by atoms with van der Waals surface area (Å²) in [5.74, 6) is 0.849. The fraction of sp³-hybridized carbons (Fsp3) is 0.682. The van der Waals surface area contributed by atoms with Crippen molar-refractivity contribution in [2.75, 3.05) is 29.9 Å². The van der Waals surface area contributed by atoms with Crippen LogP contribution in [0.2, 0.25) is 0 Å². The van der Waals surface area contributed by atoms with Gasteiger partial charge in [0, 0.05) is 36.9 Å². The Balaban J connectivity index is 2.30. The highest BCUT2D eigenvalue weighted by Gasteiger charge is 2.21. The monoisotopic (exact) mass is 359 g/mol. The molecule has 0 saturated carbocycles. The lowest BCUT2D eigenvalue weighted by Crippen LogP contribution is -2.36. The summed E-state index contributed by atoms with van der Waals surface area (Å²) in [6, 6.07) is 6.47. The first-order valence-electron chi connectivity index (χ1n) is 10.4. The van der Waals surface area contributed by atoms with E-state index in [1.807, 2.05) is 18.7 Å². The van der Waals surface area contributed by atoms with Crippen molar-refractivity contribution in [2.45, 2.75) is 66.3 Å². The number of nitrogens with one attached hydrogen (secondary N) is 2. The van der Waals surface area contributed by atoms with Crippen LogP contribution < -0.4 is 15.5 Å². The number of rotatable bonds is 4. The van der Waals surface area contributed by atoms with Crippen LogP contribution in [0.5, 0.6) is 0 Å². The second kappa shape index (κ2) is 10.6. The number of hydrogen-bond acceptors (Lipinski definition) is 3. The fourth-order valence-corrected chi connectivity index (χ4v) is 3.36. The van der Waals surface area contributed by atoms with Gasteiger partial charge in [-0.15, -0.1) is 0 Å². The van der Waals surface area contributed by atoms with Crippen LogP contribution in [0.4, 0.5) is 11.4 Å². The van der Waals surface area contributed by atoms with E-state index in [2.05, 4.69) is 42.7 Å². The number of anilines is 2. The smallest absolute Gasteiger partial charge is 0.229 e. The van der Waals surface area contributed by atoms with E-state index in [4.69, 9.17) is 0 Å². The zero-order valence-electron chi connectivity index (χ0n) is 17.1. The molecule has 1 heterocycles. The topological polar surface area (TPSA) is 44.4 Å². The molecule has 4 heteroatoms. The molecule has 1 aromatic carbocycles. The van der Waals surface area contributed by atoms with Gasteiger partial charge < -0.3 is 15.5 Å². The maximum atomic E-state index is 12.9. The summed E-state index contributed by atoms with van der Waals surface area (Å²) in [6.07, 6.45) is 6.05. The summed E-state index contributed by atoms with van der Waals surface area (Å²) in [4.78, 5) is 14.9. The Bertz CT molecular complexity index is 569. The standard InChI is InChI=1S/C22H37N3O/c1-17(2)15-24-20-10-11-21-19(14-20)16-23-12-8-6-5-7-9-13-25(21)22(26)18(3)4/h10-11,14,17-18,23-24H,5-9,12-13,15-16H2,1-4H3. The maximum absolute atomic E-state index is 12.9. The van der Waals surface area contributed by atoms with Gasteiger partial charge in [0.1, 0.15) is 0 Å². The average molecular weight is 360 g/mol. The lowest BCUT2D eigenvalue weighted by molar-refractivity contribution is -0.121. The van der Waals surface area contributed by atoms with Crippen molar-refractivity contribution in [2.24, 2.45) is 11.8 Å². The molecule has 0 bridgehead atoms. The van der Waals surface area contributed by atoms with E-state index in [0.29, 0.717) is 5.92 Å². The molecule has 1 aliphatic rings. The molecule has 26 heavy (non-hydrogen) atoms. The summed E-state index contributed by atoms with van der Waals surface area (Å²) >= 11 is 0. The van der Waals surface area contributed by atoms with Crippen LogP contribution in [0.3, 0.4) is 0 Å². The summed E-state index contributed by atoms with van der Waals surface area (Å²) < 4.78 is 0. The third-order valence-corrected chi connectivity index (χ3v) is 4.90. The van der Waals surface area contributed by atoms with Gasteiger partial charge in [-0.2, -0.15) is 0 Å². The average Bonchev–Trinajstić information content (AvgIpc) is 2.60. The first-order chi connectivity index (χ1) is 12.5. The van der Waals surface area contributed by atoms with Gasteiger partial charge in [-0.05, 0) is 49.1 Å². The van der Waals surface area contributed by atoms with Crippen LogP contribution in [-0.4, -0.2) is 25.5 Å². The van der Waals surface area contributed by atoms with Crippen LogP contribution in [-0.2, 0) is 11.3 Å². The fourth-order valence-electron chi connectivity index (χ4n) is 3.36. The van der Waals surface area contributed by atoms with Crippen molar-refractivity contribution in [3.63, 3.8) is 0 Å². The Morgan fingerprint density at radius 2 is 1.85 bits per heavy atom.